The minimum Gasteiger partial charge on any atom is -0.466 e. The molecule has 0 radical (unpaired) electrons. The molecule has 4 heteroatoms. The number of allylic oxidation sites excluding steroid dienone is 1. The second kappa shape index (κ2) is 9.17. The molecule has 0 saturated carbocycles. The first-order valence-electron chi connectivity index (χ1n) is 9.43. The van der Waals surface area contributed by atoms with Gasteiger partial charge in [-0.25, -0.2) is 4.79 Å². The summed E-state index contributed by atoms with van der Waals surface area (Å²) in [7, 11) is 3.53. The van der Waals surface area contributed by atoms with Crippen molar-refractivity contribution in [1.82, 2.24) is 9.55 Å². The Labute approximate surface area is 160 Å². The molecule has 0 spiro atoms. The number of carbonyl (C=O) groups is 1. The number of methoxy groups -OCH3 is 1. The van der Waals surface area contributed by atoms with Crippen LogP contribution in [0.2, 0.25) is 0 Å². The van der Waals surface area contributed by atoms with Gasteiger partial charge >= 0.3 is 5.97 Å². The van der Waals surface area contributed by atoms with Crippen LogP contribution in [-0.2, 0) is 23.0 Å². The third-order valence-corrected chi connectivity index (χ3v) is 4.90. The first-order chi connectivity index (χ1) is 13.2. The lowest BCUT2D eigenvalue weighted by Crippen LogP contribution is -1.95. The predicted molar refractivity (Wildman–Crippen MR) is 109 cm³/mol. The Morgan fingerprint density at radius 3 is 2.78 bits per heavy atom. The number of hydrogen-bond acceptors (Lipinski definition) is 3. The summed E-state index contributed by atoms with van der Waals surface area (Å²) >= 11 is 0. The van der Waals surface area contributed by atoms with E-state index in [4.69, 9.17) is 0 Å². The van der Waals surface area contributed by atoms with Gasteiger partial charge in [0.25, 0.3) is 0 Å². The highest BCUT2D eigenvalue weighted by atomic mass is 16.5. The average molecular weight is 362 g/mol. The molecule has 0 aliphatic heterocycles. The van der Waals surface area contributed by atoms with Crippen LogP contribution in [-0.4, -0.2) is 22.6 Å². The van der Waals surface area contributed by atoms with Gasteiger partial charge in [0.2, 0.25) is 0 Å². The summed E-state index contributed by atoms with van der Waals surface area (Å²) in [5.74, 6) is -0.285. The number of para-hydroxylation sites is 1. The molecule has 0 N–H and O–H groups in total. The number of carbonyl (C=O) groups excluding carboxylic acids is 1. The first kappa shape index (κ1) is 18.9. The average Bonchev–Trinajstić information content (AvgIpc) is 3.00. The summed E-state index contributed by atoms with van der Waals surface area (Å²) in [5, 5.41) is 1.32. The maximum absolute atomic E-state index is 11.1. The second-order valence-electron chi connectivity index (χ2n) is 6.67. The Morgan fingerprint density at radius 1 is 1.15 bits per heavy atom. The van der Waals surface area contributed by atoms with Crippen LogP contribution in [0.5, 0.6) is 0 Å². The van der Waals surface area contributed by atoms with E-state index in [-0.39, 0.29) is 5.97 Å². The minimum absolute atomic E-state index is 0.285. The van der Waals surface area contributed by atoms with Gasteiger partial charge in [-0.2, -0.15) is 0 Å². The molecule has 0 bridgehead atoms. The van der Waals surface area contributed by atoms with Crippen LogP contribution in [0.1, 0.15) is 31.2 Å². The van der Waals surface area contributed by atoms with E-state index in [1.165, 1.54) is 35.3 Å². The normalized spacial score (nSPS) is 11.3. The van der Waals surface area contributed by atoms with Crippen molar-refractivity contribution in [1.29, 1.82) is 0 Å². The molecule has 0 aliphatic rings. The van der Waals surface area contributed by atoms with E-state index in [2.05, 4.69) is 51.7 Å². The van der Waals surface area contributed by atoms with Crippen LogP contribution < -0.4 is 0 Å². The standard InChI is InChI=1S/C23H26N2O2/c1-25-21-14-9-8-12-19(21)20(23(25)18-11-10-16-24-17-18)13-6-4-3-5-7-15-22(26)27-2/h7-12,14-17H,3-6,13H2,1-2H3. The summed E-state index contributed by atoms with van der Waals surface area (Å²) in [6.45, 7) is 0. The fraction of sp³-hybridized carbons (Fsp3) is 0.304. The third-order valence-electron chi connectivity index (χ3n) is 4.90. The molecule has 140 valence electrons. The van der Waals surface area contributed by atoms with Crippen molar-refractivity contribution in [2.75, 3.05) is 7.11 Å². The number of fused-ring (bicyclic) bond motifs is 1. The number of hydrogen-bond donors (Lipinski definition) is 0. The number of esters is 1. The van der Waals surface area contributed by atoms with Crippen LogP contribution >= 0.6 is 0 Å². The number of unbranched alkanes of at least 4 members (excludes halogenated alkanes) is 3. The molecule has 0 saturated heterocycles. The molecule has 2 aromatic heterocycles. The van der Waals surface area contributed by atoms with Crippen LogP contribution in [0.3, 0.4) is 0 Å². The van der Waals surface area contributed by atoms with Gasteiger partial charge in [0.1, 0.15) is 0 Å². The summed E-state index contributed by atoms with van der Waals surface area (Å²) in [6, 6.07) is 12.7. The summed E-state index contributed by atoms with van der Waals surface area (Å²) in [6.07, 6.45) is 12.4. The lowest BCUT2D eigenvalue weighted by atomic mass is 10.00. The molecule has 3 rings (SSSR count). The Kier molecular flexibility index (Phi) is 6.42. The van der Waals surface area contributed by atoms with Crippen LogP contribution in [0.4, 0.5) is 0 Å². The van der Waals surface area contributed by atoms with Gasteiger partial charge in [0, 0.05) is 42.0 Å². The van der Waals surface area contributed by atoms with Crippen LogP contribution in [0, 0.1) is 0 Å². The first-order valence-corrected chi connectivity index (χ1v) is 9.43. The van der Waals surface area contributed by atoms with E-state index in [0.717, 1.165) is 37.7 Å². The van der Waals surface area contributed by atoms with E-state index >= 15 is 0 Å². The smallest absolute Gasteiger partial charge is 0.330 e. The fourth-order valence-corrected chi connectivity index (χ4v) is 3.58. The highest BCUT2D eigenvalue weighted by Crippen LogP contribution is 2.33. The molecule has 0 atom stereocenters. The Morgan fingerprint density at radius 2 is 2.00 bits per heavy atom. The van der Waals surface area contributed by atoms with Crippen molar-refractivity contribution < 1.29 is 9.53 Å². The van der Waals surface area contributed by atoms with Crippen molar-refractivity contribution in [3.05, 3.63) is 66.5 Å². The van der Waals surface area contributed by atoms with Gasteiger partial charge in [0.15, 0.2) is 0 Å². The summed E-state index contributed by atoms with van der Waals surface area (Å²) < 4.78 is 6.88. The molecule has 3 aromatic rings. The number of aromatic nitrogens is 2. The highest BCUT2D eigenvalue weighted by Gasteiger charge is 2.16. The number of ether oxygens (including phenoxy) is 1. The van der Waals surface area contributed by atoms with E-state index in [0.29, 0.717) is 0 Å². The SMILES string of the molecule is COC(=O)C=CCCCCCc1c(-c2cccnc2)n(C)c2ccccc12. The maximum Gasteiger partial charge on any atom is 0.330 e. The van der Waals surface area contributed by atoms with E-state index < -0.39 is 0 Å². The maximum atomic E-state index is 11.1. The number of rotatable bonds is 8. The van der Waals surface area contributed by atoms with Gasteiger partial charge in [-0.05, 0) is 49.4 Å². The molecule has 4 nitrogen and oxygen atoms in total. The molecule has 0 aliphatic carbocycles. The van der Waals surface area contributed by atoms with E-state index in [1.807, 2.05) is 24.5 Å². The molecule has 27 heavy (non-hydrogen) atoms. The molecule has 2 heterocycles. The van der Waals surface area contributed by atoms with E-state index in [1.54, 1.807) is 0 Å². The Bertz CT molecular complexity index is 926. The molecular weight excluding hydrogens is 336 g/mol. The van der Waals surface area contributed by atoms with Gasteiger partial charge in [-0.3, -0.25) is 4.98 Å². The molecule has 0 fully saturated rings. The minimum atomic E-state index is -0.285. The largest absolute Gasteiger partial charge is 0.466 e. The summed E-state index contributed by atoms with van der Waals surface area (Å²) in [4.78, 5) is 15.4. The number of pyridine rings is 1. The number of aryl methyl sites for hydroxylation is 2. The van der Waals surface area contributed by atoms with Gasteiger partial charge < -0.3 is 9.30 Å². The number of benzene rings is 1. The van der Waals surface area contributed by atoms with Crippen molar-refractivity contribution >= 4 is 16.9 Å². The molecule has 0 amide bonds. The van der Waals surface area contributed by atoms with E-state index in [9.17, 15) is 4.79 Å². The zero-order valence-electron chi connectivity index (χ0n) is 16.0. The van der Waals surface area contributed by atoms with Crippen molar-refractivity contribution in [2.45, 2.75) is 32.1 Å². The molecule has 1 aromatic carbocycles. The fourth-order valence-electron chi connectivity index (χ4n) is 3.58. The third kappa shape index (κ3) is 4.45. The van der Waals surface area contributed by atoms with Gasteiger partial charge in [-0.1, -0.05) is 30.7 Å². The topological polar surface area (TPSA) is 44.1 Å². The summed E-state index contributed by atoms with van der Waals surface area (Å²) in [5.41, 5.74) is 5.07. The van der Waals surface area contributed by atoms with Crippen molar-refractivity contribution in [3.63, 3.8) is 0 Å². The lowest BCUT2D eigenvalue weighted by Gasteiger charge is -2.08. The van der Waals surface area contributed by atoms with Gasteiger partial charge in [-0.15, -0.1) is 0 Å². The molecular formula is C23H26N2O2. The monoisotopic (exact) mass is 362 g/mol. The molecule has 0 unspecified atom stereocenters. The number of nitrogens with zero attached hydrogens (tertiary/aromatic N) is 2. The van der Waals surface area contributed by atoms with Crippen LogP contribution in [0.25, 0.3) is 22.2 Å². The highest BCUT2D eigenvalue weighted by molar-refractivity contribution is 5.91. The van der Waals surface area contributed by atoms with Crippen molar-refractivity contribution in [2.24, 2.45) is 7.05 Å². The predicted octanol–water partition coefficient (Wildman–Crippen LogP) is 5.07. The van der Waals surface area contributed by atoms with Gasteiger partial charge in [0.05, 0.1) is 12.8 Å². The second-order valence-corrected chi connectivity index (χ2v) is 6.67. The zero-order chi connectivity index (χ0) is 19.1. The Balaban J connectivity index is 1.72. The lowest BCUT2D eigenvalue weighted by molar-refractivity contribution is -0.134. The quantitative estimate of drug-likeness (QED) is 0.319. The van der Waals surface area contributed by atoms with Crippen molar-refractivity contribution in [3.8, 4) is 11.3 Å². The van der Waals surface area contributed by atoms with Crippen LogP contribution in [0.15, 0.2) is 60.9 Å². The Hall–Kier alpha value is -2.88. The zero-order valence-corrected chi connectivity index (χ0v) is 16.0.